The van der Waals surface area contributed by atoms with Gasteiger partial charge in [-0.15, -0.1) is 10.2 Å². The molecule has 0 saturated carbocycles. The number of tetrazole rings is 1. The largest absolute Gasteiger partial charge is 0.337 e. The Hall–Kier alpha value is -4.21. The molecule has 0 aliphatic heterocycles. The molecule has 0 unspecified atom stereocenters. The Morgan fingerprint density at radius 1 is 0.929 bits per heavy atom. The minimum absolute atomic E-state index is 0.394. The van der Waals surface area contributed by atoms with Gasteiger partial charge in [-0.3, -0.25) is 0 Å². The van der Waals surface area contributed by atoms with E-state index in [4.69, 9.17) is 0 Å². The fraction of sp³-hybridized carbons (Fsp3) is 0. The highest BCUT2D eigenvalue weighted by Crippen LogP contribution is 2.25. The first kappa shape index (κ1) is 16.0. The summed E-state index contributed by atoms with van der Waals surface area (Å²) < 4.78 is 13.0. The molecule has 0 atom stereocenters. The maximum atomic E-state index is 13.0. The Balaban J connectivity index is 1.47. The molecule has 5 aromatic rings. The zero-order valence-corrected chi connectivity index (χ0v) is 14.3. The molecule has 0 spiro atoms. The van der Waals surface area contributed by atoms with Crippen molar-refractivity contribution in [1.82, 2.24) is 40.6 Å². The van der Waals surface area contributed by atoms with Crippen molar-refractivity contribution < 1.29 is 4.39 Å². The minimum atomic E-state index is -0.394. The molecule has 0 saturated heterocycles. The van der Waals surface area contributed by atoms with Crippen LogP contribution < -0.4 is 5.32 Å². The molecular weight excluding hydrogens is 361 g/mol. The van der Waals surface area contributed by atoms with Gasteiger partial charge in [0.2, 0.25) is 5.82 Å². The predicted octanol–water partition coefficient (Wildman–Crippen LogP) is 3.08. The first-order chi connectivity index (χ1) is 13.7. The smallest absolute Gasteiger partial charge is 0.204 e. The molecule has 136 valence electrons. The number of hydrogen-bond acceptors (Lipinski definition) is 7. The Morgan fingerprint density at radius 3 is 2.64 bits per heavy atom. The van der Waals surface area contributed by atoms with Crippen LogP contribution in [-0.4, -0.2) is 40.6 Å². The summed E-state index contributed by atoms with van der Waals surface area (Å²) >= 11 is 0. The van der Waals surface area contributed by atoms with E-state index in [2.05, 4.69) is 45.9 Å². The van der Waals surface area contributed by atoms with Crippen molar-refractivity contribution >= 4 is 22.7 Å². The highest BCUT2D eigenvalue weighted by molar-refractivity contribution is 5.82. The normalized spacial score (nSPS) is 11.0. The van der Waals surface area contributed by atoms with Gasteiger partial charge in [-0.1, -0.05) is 18.2 Å². The van der Waals surface area contributed by atoms with Crippen LogP contribution in [0.15, 0.2) is 54.9 Å². The molecular formula is C18H12FN9. The van der Waals surface area contributed by atoms with E-state index in [1.165, 1.54) is 6.07 Å². The summed E-state index contributed by atoms with van der Waals surface area (Å²) in [6.07, 6.45) is 2.82. The lowest BCUT2D eigenvalue weighted by Gasteiger charge is -2.03. The number of aromatic nitrogens is 8. The van der Waals surface area contributed by atoms with Crippen LogP contribution in [0.4, 0.5) is 16.0 Å². The van der Waals surface area contributed by atoms with Crippen LogP contribution in [0.5, 0.6) is 0 Å². The van der Waals surface area contributed by atoms with Gasteiger partial charge in [0.15, 0.2) is 0 Å². The number of pyridine rings is 2. The van der Waals surface area contributed by atoms with E-state index in [0.29, 0.717) is 23.3 Å². The molecule has 4 heterocycles. The molecule has 0 radical (unpaired) electrons. The Labute approximate surface area is 157 Å². The van der Waals surface area contributed by atoms with Crippen molar-refractivity contribution in [3.05, 3.63) is 60.7 Å². The number of aromatic amines is 2. The Morgan fingerprint density at radius 2 is 1.82 bits per heavy atom. The number of hydrogen-bond donors (Lipinski definition) is 3. The molecule has 5 rings (SSSR count). The number of benzene rings is 1. The van der Waals surface area contributed by atoms with Crippen molar-refractivity contribution in [1.29, 1.82) is 0 Å². The van der Waals surface area contributed by atoms with Crippen molar-refractivity contribution in [3.8, 4) is 22.8 Å². The van der Waals surface area contributed by atoms with E-state index in [1.807, 2.05) is 24.3 Å². The molecule has 0 fully saturated rings. The summed E-state index contributed by atoms with van der Waals surface area (Å²) in [7, 11) is 0. The van der Waals surface area contributed by atoms with Crippen LogP contribution >= 0.6 is 0 Å². The van der Waals surface area contributed by atoms with Gasteiger partial charge in [0.05, 0.1) is 23.4 Å². The first-order valence-electron chi connectivity index (χ1n) is 8.33. The van der Waals surface area contributed by atoms with Gasteiger partial charge in [-0.2, -0.15) is 5.21 Å². The van der Waals surface area contributed by atoms with Crippen LogP contribution in [0.3, 0.4) is 0 Å². The van der Waals surface area contributed by atoms with E-state index < -0.39 is 5.82 Å². The van der Waals surface area contributed by atoms with Gasteiger partial charge in [-0.25, -0.2) is 19.3 Å². The fourth-order valence-electron chi connectivity index (χ4n) is 2.79. The van der Waals surface area contributed by atoms with Crippen molar-refractivity contribution in [2.75, 3.05) is 5.32 Å². The zero-order valence-electron chi connectivity index (χ0n) is 14.3. The highest BCUT2D eigenvalue weighted by atomic mass is 19.1. The van der Waals surface area contributed by atoms with Gasteiger partial charge in [0, 0.05) is 17.2 Å². The summed E-state index contributed by atoms with van der Waals surface area (Å²) in [5.41, 5.74) is 3.24. The lowest BCUT2D eigenvalue weighted by Crippen LogP contribution is -1.95. The molecule has 3 N–H and O–H groups in total. The second-order valence-electron chi connectivity index (χ2n) is 5.97. The van der Waals surface area contributed by atoms with Crippen molar-refractivity contribution in [2.24, 2.45) is 0 Å². The average molecular weight is 373 g/mol. The molecule has 28 heavy (non-hydrogen) atoms. The molecule has 0 bridgehead atoms. The molecule has 1 aromatic carbocycles. The molecule has 0 amide bonds. The van der Waals surface area contributed by atoms with Crippen LogP contribution in [0.1, 0.15) is 0 Å². The van der Waals surface area contributed by atoms with E-state index in [-0.39, 0.29) is 0 Å². The molecule has 10 heteroatoms. The Kier molecular flexibility index (Phi) is 3.72. The summed E-state index contributed by atoms with van der Waals surface area (Å²) in [6, 6.07) is 12.3. The summed E-state index contributed by atoms with van der Waals surface area (Å²) in [5.74, 6) is 1.87. The van der Waals surface area contributed by atoms with Crippen LogP contribution in [0.25, 0.3) is 33.8 Å². The van der Waals surface area contributed by atoms with Crippen LogP contribution in [0.2, 0.25) is 0 Å². The van der Waals surface area contributed by atoms with Gasteiger partial charge >= 0.3 is 0 Å². The number of nitrogens with one attached hydrogen (secondary N) is 3. The number of anilines is 2. The zero-order chi connectivity index (χ0) is 18.9. The maximum absolute atomic E-state index is 13.0. The van der Waals surface area contributed by atoms with Crippen LogP contribution in [0, 0.1) is 5.82 Å². The van der Waals surface area contributed by atoms with E-state index in [1.54, 1.807) is 18.3 Å². The number of halogens is 1. The van der Waals surface area contributed by atoms with Gasteiger partial charge in [-0.05, 0) is 23.4 Å². The van der Waals surface area contributed by atoms with E-state index >= 15 is 0 Å². The number of nitrogens with zero attached hydrogens (tertiary/aromatic N) is 6. The summed E-state index contributed by atoms with van der Waals surface area (Å²) in [5, 5.41) is 17.0. The fourth-order valence-corrected chi connectivity index (χ4v) is 2.79. The molecule has 9 nitrogen and oxygen atoms in total. The SMILES string of the molecule is Fc1ccc(Nc2cc3nc(-c4cccc(-c5nn[nH]n5)c4)[nH]c3cn2)nc1. The lowest BCUT2D eigenvalue weighted by molar-refractivity contribution is 0.622. The first-order valence-corrected chi connectivity index (χ1v) is 8.33. The lowest BCUT2D eigenvalue weighted by atomic mass is 10.1. The highest BCUT2D eigenvalue weighted by Gasteiger charge is 2.10. The van der Waals surface area contributed by atoms with Crippen molar-refractivity contribution in [3.63, 3.8) is 0 Å². The average Bonchev–Trinajstić information content (AvgIpc) is 3.39. The summed E-state index contributed by atoms with van der Waals surface area (Å²) in [4.78, 5) is 16.2. The standard InChI is InChI=1S/C18H12FN9/c19-12-4-5-15(20-8-12)24-16-7-13-14(9-21-16)23-17(22-13)10-2-1-3-11(6-10)18-25-27-28-26-18/h1-9H,(H,22,23)(H,20,21,24)(H,25,26,27,28). The third-order valence-electron chi connectivity index (χ3n) is 4.09. The Bertz CT molecular complexity index is 1250. The third kappa shape index (κ3) is 3.03. The minimum Gasteiger partial charge on any atom is -0.337 e. The number of fused-ring (bicyclic) bond motifs is 1. The number of imidazole rings is 1. The van der Waals surface area contributed by atoms with E-state index in [0.717, 1.165) is 28.4 Å². The summed E-state index contributed by atoms with van der Waals surface area (Å²) in [6.45, 7) is 0. The second kappa shape index (κ2) is 6.50. The topological polar surface area (TPSA) is 121 Å². The van der Waals surface area contributed by atoms with Gasteiger partial charge in [0.1, 0.15) is 23.3 Å². The van der Waals surface area contributed by atoms with Gasteiger partial charge < -0.3 is 10.3 Å². The van der Waals surface area contributed by atoms with Crippen molar-refractivity contribution in [2.45, 2.75) is 0 Å². The van der Waals surface area contributed by atoms with Gasteiger partial charge in [0.25, 0.3) is 0 Å². The predicted molar refractivity (Wildman–Crippen MR) is 100.0 cm³/mol. The molecule has 0 aliphatic rings. The molecule has 4 aromatic heterocycles. The molecule has 0 aliphatic carbocycles. The van der Waals surface area contributed by atoms with Crippen LogP contribution in [-0.2, 0) is 0 Å². The number of H-pyrrole nitrogens is 2. The second-order valence-corrected chi connectivity index (χ2v) is 5.97. The van der Waals surface area contributed by atoms with E-state index in [9.17, 15) is 4.39 Å². The quantitative estimate of drug-likeness (QED) is 0.442. The number of rotatable bonds is 4. The monoisotopic (exact) mass is 373 g/mol. The maximum Gasteiger partial charge on any atom is 0.204 e. The third-order valence-corrected chi connectivity index (χ3v) is 4.09.